The number of carboxylic acid groups (broad SMARTS) is 1. The van der Waals surface area contributed by atoms with E-state index < -0.39 is 5.97 Å². The molecular formula is C18H27NO2. The summed E-state index contributed by atoms with van der Waals surface area (Å²) in [6.45, 7) is 4.49. The largest absolute Gasteiger partial charge is 0.481 e. The Bertz CT molecular complexity index is 432. The monoisotopic (exact) mass is 289 g/mol. The predicted molar refractivity (Wildman–Crippen MR) is 85.6 cm³/mol. The molecule has 2 atom stereocenters. The van der Waals surface area contributed by atoms with Gasteiger partial charge in [0, 0.05) is 12.5 Å². The number of unbranched alkanes of at least 4 members (excludes halogenated alkanes) is 1. The lowest BCUT2D eigenvalue weighted by Gasteiger charge is -2.31. The Hall–Kier alpha value is -1.35. The van der Waals surface area contributed by atoms with Crippen molar-refractivity contribution in [3.63, 3.8) is 0 Å². The van der Waals surface area contributed by atoms with E-state index in [0.29, 0.717) is 18.4 Å². The van der Waals surface area contributed by atoms with Crippen molar-refractivity contribution in [1.29, 1.82) is 0 Å². The van der Waals surface area contributed by atoms with E-state index in [9.17, 15) is 4.79 Å². The minimum Gasteiger partial charge on any atom is -0.481 e. The van der Waals surface area contributed by atoms with E-state index in [2.05, 4.69) is 42.2 Å². The fourth-order valence-electron chi connectivity index (χ4n) is 3.61. The number of likely N-dealkylation sites (tertiary alicyclic amines) is 1. The van der Waals surface area contributed by atoms with E-state index in [1.165, 1.54) is 31.4 Å². The van der Waals surface area contributed by atoms with Gasteiger partial charge >= 0.3 is 5.97 Å². The predicted octanol–water partition coefficient (Wildman–Crippen LogP) is 3.90. The van der Waals surface area contributed by atoms with Gasteiger partial charge in [0.25, 0.3) is 0 Å². The van der Waals surface area contributed by atoms with Crippen molar-refractivity contribution >= 4 is 5.97 Å². The number of benzene rings is 1. The fraction of sp³-hybridized carbons (Fsp3) is 0.611. The van der Waals surface area contributed by atoms with E-state index >= 15 is 0 Å². The number of aliphatic carboxylic acids is 1. The molecule has 3 heteroatoms. The molecule has 0 radical (unpaired) electrons. The maximum Gasteiger partial charge on any atom is 0.303 e. The van der Waals surface area contributed by atoms with Crippen LogP contribution in [0.2, 0.25) is 0 Å². The van der Waals surface area contributed by atoms with Crippen LogP contribution in [0.15, 0.2) is 30.3 Å². The van der Waals surface area contributed by atoms with Gasteiger partial charge in [-0.15, -0.1) is 0 Å². The van der Waals surface area contributed by atoms with Crippen LogP contribution in [0.5, 0.6) is 0 Å². The van der Waals surface area contributed by atoms with Gasteiger partial charge in [0.1, 0.15) is 0 Å². The molecule has 2 rings (SSSR count). The van der Waals surface area contributed by atoms with Crippen molar-refractivity contribution in [1.82, 2.24) is 4.90 Å². The highest BCUT2D eigenvalue weighted by atomic mass is 16.4. The van der Waals surface area contributed by atoms with Crippen LogP contribution in [-0.4, -0.2) is 35.1 Å². The fourth-order valence-corrected chi connectivity index (χ4v) is 3.61. The number of carboxylic acids is 1. The Morgan fingerprint density at radius 3 is 2.76 bits per heavy atom. The molecule has 1 fully saturated rings. The molecule has 116 valence electrons. The second-order valence-electron chi connectivity index (χ2n) is 6.02. The minimum atomic E-state index is -0.677. The Morgan fingerprint density at radius 2 is 2.10 bits per heavy atom. The van der Waals surface area contributed by atoms with E-state index in [4.69, 9.17) is 5.11 Å². The molecule has 1 heterocycles. The zero-order valence-electron chi connectivity index (χ0n) is 13.0. The first-order valence-electron chi connectivity index (χ1n) is 8.23. The molecule has 1 aromatic rings. The average Bonchev–Trinajstić information content (AvgIpc) is 2.94. The molecule has 0 bridgehead atoms. The Morgan fingerprint density at radius 1 is 1.33 bits per heavy atom. The summed E-state index contributed by atoms with van der Waals surface area (Å²) in [4.78, 5) is 13.2. The van der Waals surface area contributed by atoms with Gasteiger partial charge in [0.2, 0.25) is 0 Å². The number of hydrogen-bond acceptors (Lipinski definition) is 2. The molecule has 1 N–H and O–H groups in total. The van der Waals surface area contributed by atoms with Crippen molar-refractivity contribution in [3.05, 3.63) is 35.9 Å². The lowest BCUT2D eigenvalue weighted by molar-refractivity contribution is -0.137. The summed E-state index contributed by atoms with van der Waals surface area (Å²) in [5.74, 6) is -0.0723. The van der Waals surface area contributed by atoms with E-state index in [1.54, 1.807) is 0 Å². The summed E-state index contributed by atoms with van der Waals surface area (Å²) >= 11 is 0. The van der Waals surface area contributed by atoms with Crippen molar-refractivity contribution in [3.8, 4) is 0 Å². The molecule has 0 amide bonds. The quantitative estimate of drug-likeness (QED) is 0.738. The van der Waals surface area contributed by atoms with Crippen LogP contribution < -0.4 is 0 Å². The van der Waals surface area contributed by atoms with Crippen molar-refractivity contribution in [2.45, 2.75) is 57.4 Å². The van der Waals surface area contributed by atoms with E-state index in [-0.39, 0.29) is 0 Å². The SMILES string of the molecule is CCC(c1ccccc1)C1CCCN1CCCCC(=O)O. The van der Waals surface area contributed by atoms with Gasteiger partial charge in [-0.3, -0.25) is 9.69 Å². The smallest absolute Gasteiger partial charge is 0.303 e. The normalized spacial score (nSPS) is 20.5. The highest BCUT2D eigenvalue weighted by Gasteiger charge is 2.31. The van der Waals surface area contributed by atoms with Gasteiger partial charge in [-0.2, -0.15) is 0 Å². The zero-order valence-corrected chi connectivity index (χ0v) is 13.0. The highest BCUT2D eigenvalue weighted by Crippen LogP contribution is 2.33. The molecule has 1 aliphatic heterocycles. The van der Waals surface area contributed by atoms with Crippen LogP contribution in [-0.2, 0) is 4.79 Å². The first-order valence-corrected chi connectivity index (χ1v) is 8.23. The van der Waals surface area contributed by atoms with Gasteiger partial charge < -0.3 is 5.11 Å². The molecular weight excluding hydrogens is 262 g/mol. The summed E-state index contributed by atoms with van der Waals surface area (Å²) in [6, 6.07) is 11.5. The van der Waals surface area contributed by atoms with Crippen LogP contribution in [0.25, 0.3) is 0 Å². The summed E-state index contributed by atoms with van der Waals surface area (Å²) in [7, 11) is 0. The molecule has 3 nitrogen and oxygen atoms in total. The molecule has 0 aromatic heterocycles. The minimum absolute atomic E-state index is 0.300. The molecule has 1 aromatic carbocycles. The van der Waals surface area contributed by atoms with Gasteiger partial charge in [0.15, 0.2) is 0 Å². The summed E-state index contributed by atoms with van der Waals surface area (Å²) < 4.78 is 0. The van der Waals surface area contributed by atoms with Crippen molar-refractivity contribution in [2.24, 2.45) is 0 Å². The summed E-state index contributed by atoms with van der Waals surface area (Å²) in [6.07, 6.45) is 5.79. The maximum absolute atomic E-state index is 10.6. The van der Waals surface area contributed by atoms with Crippen LogP contribution in [0.1, 0.15) is 56.9 Å². The van der Waals surface area contributed by atoms with Gasteiger partial charge in [0.05, 0.1) is 0 Å². The lowest BCUT2D eigenvalue weighted by Crippen LogP contribution is -2.35. The molecule has 21 heavy (non-hydrogen) atoms. The Balaban J connectivity index is 1.92. The van der Waals surface area contributed by atoms with Gasteiger partial charge in [-0.25, -0.2) is 0 Å². The number of carbonyl (C=O) groups is 1. The molecule has 1 aliphatic rings. The number of rotatable bonds is 8. The number of hydrogen-bond donors (Lipinski definition) is 1. The zero-order chi connectivity index (χ0) is 15.1. The second kappa shape index (κ2) is 8.18. The third-order valence-electron chi connectivity index (χ3n) is 4.63. The maximum atomic E-state index is 10.6. The molecule has 0 aliphatic carbocycles. The average molecular weight is 289 g/mol. The molecule has 0 spiro atoms. The van der Waals surface area contributed by atoms with Crippen molar-refractivity contribution < 1.29 is 9.90 Å². The first kappa shape index (κ1) is 16.0. The van der Waals surface area contributed by atoms with Crippen molar-refractivity contribution in [2.75, 3.05) is 13.1 Å². The first-order chi connectivity index (χ1) is 10.2. The Kier molecular flexibility index (Phi) is 6.24. The third-order valence-corrected chi connectivity index (χ3v) is 4.63. The summed E-state index contributed by atoms with van der Waals surface area (Å²) in [5, 5.41) is 8.72. The van der Waals surface area contributed by atoms with Crippen LogP contribution >= 0.6 is 0 Å². The summed E-state index contributed by atoms with van der Waals surface area (Å²) in [5.41, 5.74) is 1.45. The highest BCUT2D eigenvalue weighted by molar-refractivity contribution is 5.66. The Labute approximate surface area is 128 Å². The molecule has 2 unspecified atom stereocenters. The topological polar surface area (TPSA) is 40.5 Å². The van der Waals surface area contributed by atoms with Crippen LogP contribution in [0.4, 0.5) is 0 Å². The van der Waals surface area contributed by atoms with Crippen LogP contribution in [0, 0.1) is 0 Å². The molecule has 1 saturated heterocycles. The standard InChI is InChI=1S/C18H27NO2/c1-2-16(15-9-4-3-5-10-15)17-11-8-14-19(17)13-7-6-12-18(20)21/h3-5,9-10,16-17H,2,6-8,11-14H2,1H3,(H,20,21). The third kappa shape index (κ3) is 4.57. The second-order valence-corrected chi connectivity index (χ2v) is 6.02. The van der Waals surface area contributed by atoms with E-state index in [1.807, 2.05) is 0 Å². The van der Waals surface area contributed by atoms with Gasteiger partial charge in [-0.1, -0.05) is 37.3 Å². The lowest BCUT2D eigenvalue weighted by atomic mass is 9.87. The number of nitrogens with zero attached hydrogens (tertiary/aromatic N) is 1. The van der Waals surface area contributed by atoms with Gasteiger partial charge in [-0.05, 0) is 56.7 Å². The van der Waals surface area contributed by atoms with Crippen LogP contribution in [0.3, 0.4) is 0 Å². The van der Waals surface area contributed by atoms with E-state index in [0.717, 1.165) is 19.4 Å². The molecule has 0 saturated carbocycles.